The molecule has 0 radical (unpaired) electrons. The summed E-state index contributed by atoms with van der Waals surface area (Å²) in [6.07, 6.45) is 3.04. The standard InChI is InChI=1S/C20H44O8Si/c1-5-21-13-9-17-25-29(26-18-10-14-22-6-2,27-19-11-15-23-7-3)28-20-12-16-24-8-4/h5-20H2,1-4H3. The van der Waals surface area contributed by atoms with Gasteiger partial charge in [-0.2, -0.15) is 0 Å². The second kappa shape index (κ2) is 22.6. The Hall–Kier alpha value is -0.103. The maximum atomic E-state index is 6.07. The van der Waals surface area contributed by atoms with Crippen molar-refractivity contribution in [2.24, 2.45) is 0 Å². The molecule has 0 fully saturated rings. The fraction of sp³-hybridized carbons (Fsp3) is 1.00. The molecule has 0 atom stereocenters. The zero-order chi connectivity index (χ0) is 21.5. The van der Waals surface area contributed by atoms with Crippen LogP contribution in [0, 0.1) is 0 Å². The average molecular weight is 441 g/mol. The molecule has 0 rings (SSSR count). The Kier molecular flexibility index (Phi) is 22.5. The molecule has 0 heterocycles. The summed E-state index contributed by atoms with van der Waals surface area (Å²) in [4.78, 5) is 0. The molecule has 0 spiro atoms. The van der Waals surface area contributed by atoms with Gasteiger partial charge in [-0.05, 0) is 53.4 Å². The first kappa shape index (κ1) is 28.9. The lowest BCUT2D eigenvalue weighted by Crippen LogP contribution is -2.50. The summed E-state index contributed by atoms with van der Waals surface area (Å²) in [7, 11) is -3.26. The molecular formula is C20H44O8Si. The lowest BCUT2D eigenvalue weighted by atomic mass is 10.5. The highest BCUT2D eigenvalue weighted by molar-refractivity contribution is 6.53. The smallest absolute Gasteiger partial charge is 0.382 e. The molecule has 0 bridgehead atoms. The molecule has 0 aromatic heterocycles. The summed E-state index contributed by atoms with van der Waals surface area (Å²) in [6.45, 7) is 15.1. The number of ether oxygens (including phenoxy) is 4. The van der Waals surface area contributed by atoms with Gasteiger partial charge in [0.1, 0.15) is 0 Å². The van der Waals surface area contributed by atoms with E-state index in [1.54, 1.807) is 0 Å². The minimum atomic E-state index is -3.26. The maximum absolute atomic E-state index is 6.07. The van der Waals surface area contributed by atoms with Gasteiger partial charge in [0.25, 0.3) is 0 Å². The Balaban J connectivity index is 4.69. The third-order valence-electron chi connectivity index (χ3n) is 3.66. The van der Waals surface area contributed by atoms with Crippen LogP contribution in [0.2, 0.25) is 0 Å². The van der Waals surface area contributed by atoms with Gasteiger partial charge in [-0.15, -0.1) is 0 Å². The summed E-state index contributed by atoms with van der Waals surface area (Å²) in [5, 5.41) is 0. The summed E-state index contributed by atoms with van der Waals surface area (Å²) in [6, 6.07) is 0. The molecule has 0 saturated heterocycles. The normalized spacial score (nSPS) is 12.0. The lowest BCUT2D eigenvalue weighted by Gasteiger charge is -2.28. The van der Waals surface area contributed by atoms with E-state index in [0.29, 0.717) is 79.3 Å². The molecule has 0 aromatic rings. The Labute approximate surface area is 178 Å². The van der Waals surface area contributed by atoms with E-state index < -0.39 is 9.05 Å². The second-order valence-electron chi connectivity index (χ2n) is 6.10. The van der Waals surface area contributed by atoms with E-state index in [0.717, 1.165) is 25.7 Å². The van der Waals surface area contributed by atoms with E-state index in [-0.39, 0.29) is 0 Å². The van der Waals surface area contributed by atoms with Crippen LogP contribution in [-0.2, 0) is 36.7 Å². The summed E-state index contributed by atoms with van der Waals surface area (Å²) < 4.78 is 45.8. The molecular weight excluding hydrogens is 396 g/mol. The van der Waals surface area contributed by atoms with Crippen molar-refractivity contribution in [1.29, 1.82) is 0 Å². The molecule has 0 unspecified atom stereocenters. The van der Waals surface area contributed by atoms with Gasteiger partial charge < -0.3 is 36.7 Å². The number of hydrogen-bond acceptors (Lipinski definition) is 8. The minimum absolute atomic E-state index is 0.467. The second-order valence-corrected chi connectivity index (χ2v) is 8.25. The fourth-order valence-electron chi connectivity index (χ4n) is 2.26. The van der Waals surface area contributed by atoms with Gasteiger partial charge in [-0.1, -0.05) is 0 Å². The van der Waals surface area contributed by atoms with Crippen LogP contribution in [0.1, 0.15) is 53.4 Å². The Bertz CT molecular complexity index is 261. The van der Waals surface area contributed by atoms with Gasteiger partial charge in [-0.3, -0.25) is 0 Å². The SMILES string of the molecule is CCOCCCO[Si](OCCCOCC)(OCCCOCC)OCCCOCC. The summed E-state index contributed by atoms with van der Waals surface area (Å²) >= 11 is 0. The highest BCUT2D eigenvalue weighted by atomic mass is 28.4. The first-order valence-corrected chi connectivity index (χ1v) is 12.7. The van der Waals surface area contributed by atoms with Crippen molar-refractivity contribution in [2.75, 3.05) is 79.3 Å². The maximum Gasteiger partial charge on any atom is 0.679 e. The molecule has 0 aromatic carbocycles. The molecule has 29 heavy (non-hydrogen) atoms. The summed E-state index contributed by atoms with van der Waals surface area (Å²) in [5.74, 6) is 0. The lowest BCUT2D eigenvalue weighted by molar-refractivity contribution is -0.0456. The van der Waals surface area contributed by atoms with Gasteiger partial charge in [-0.25, -0.2) is 0 Å². The monoisotopic (exact) mass is 440 g/mol. The molecule has 0 amide bonds. The van der Waals surface area contributed by atoms with Crippen molar-refractivity contribution in [1.82, 2.24) is 0 Å². The van der Waals surface area contributed by atoms with Gasteiger partial charge in [0.05, 0.1) is 0 Å². The van der Waals surface area contributed by atoms with E-state index in [1.807, 2.05) is 27.7 Å². The van der Waals surface area contributed by atoms with Crippen molar-refractivity contribution in [3.8, 4) is 0 Å². The zero-order valence-electron chi connectivity index (χ0n) is 19.1. The fourth-order valence-corrected chi connectivity index (χ4v) is 4.34. The van der Waals surface area contributed by atoms with Crippen molar-refractivity contribution < 1.29 is 36.7 Å². The van der Waals surface area contributed by atoms with Crippen LogP contribution in [0.3, 0.4) is 0 Å². The Morgan fingerprint density at radius 2 is 0.621 bits per heavy atom. The minimum Gasteiger partial charge on any atom is -0.382 e. The van der Waals surface area contributed by atoms with Crippen molar-refractivity contribution in [3.05, 3.63) is 0 Å². The van der Waals surface area contributed by atoms with E-state index in [4.69, 9.17) is 36.7 Å². The highest BCUT2D eigenvalue weighted by Gasteiger charge is 2.45. The van der Waals surface area contributed by atoms with E-state index in [9.17, 15) is 0 Å². The van der Waals surface area contributed by atoms with Crippen LogP contribution in [0.5, 0.6) is 0 Å². The third kappa shape index (κ3) is 18.4. The van der Waals surface area contributed by atoms with Gasteiger partial charge >= 0.3 is 9.05 Å². The van der Waals surface area contributed by atoms with E-state index in [1.165, 1.54) is 0 Å². The van der Waals surface area contributed by atoms with Gasteiger partial charge in [0.2, 0.25) is 0 Å². The van der Waals surface area contributed by atoms with Crippen LogP contribution in [0.15, 0.2) is 0 Å². The molecule has 0 aliphatic carbocycles. The first-order chi connectivity index (χ1) is 14.2. The predicted octanol–water partition coefficient (Wildman–Crippen LogP) is 3.19. The highest BCUT2D eigenvalue weighted by Crippen LogP contribution is 2.15. The van der Waals surface area contributed by atoms with Crippen LogP contribution in [0.25, 0.3) is 0 Å². The molecule has 176 valence electrons. The number of hydrogen-bond donors (Lipinski definition) is 0. The number of rotatable bonds is 24. The van der Waals surface area contributed by atoms with Crippen molar-refractivity contribution in [3.63, 3.8) is 0 Å². The van der Waals surface area contributed by atoms with Crippen molar-refractivity contribution in [2.45, 2.75) is 53.4 Å². The predicted molar refractivity (Wildman–Crippen MR) is 114 cm³/mol. The van der Waals surface area contributed by atoms with Crippen LogP contribution >= 0.6 is 0 Å². The van der Waals surface area contributed by atoms with Gasteiger partial charge in [0.15, 0.2) is 0 Å². The van der Waals surface area contributed by atoms with Crippen molar-refractivity contribution >= 4 is 9.05 Å². The largest absolute Gasteiger partial charge is 0.679 e. The van der Waals surface area contributed by atoms with Crippen LogP contribution < -0.4 is 0 Å². The van der Waals surface area contributed by atoms with E-state index in [2.05, 4.69) is 0 Å². The molecule has 0 saturated carbocycles. The molecule has 8 nitrogen and oxygen atoms in total. The Morgan fingerprint density at radius 1 is 0.379 bits per heavy atom. The third-order valence-corrected chi connectivity index (χ3v) is 5.89. The molecule has 0 aliphatic rings. The van der Waals surface area contributed by atoms with E-state index >= 15 is 0 Å². The molecule has 0 N–H and O–H groups in total. The van der Waals surface area contributed by atoms with Crippen LogP contribution in [0.4, 0.5) is 0 Å². The zero-order valence-corrected chi connectivity index (χ0v) is 20.1. The topological polar surface area (TPSA) is 73.8 Å². The van der Waals surface area contributed by atoms with Crippen LogP contribution in [-0.4, -0.2) is 88.3 Å². The summed E-state index contributed by atoms with van der Waals surface area (Å²) in [5.41, 5.74) is 0. The average Bonchev–Trinajstić information content (AvgIpc) is 2.73. The quantitative estimate of drug-likeness (QED) is 0.167. The first-order valence-electron chi connectivity index (χ1n) is 11.1. The Morgan fingerprint density at radius 3 is 0.828 bits per heavy atom. The molecule has 0 aliphatic heterocycles. The van der Waals surface area contributed by atoms with Gasteiger partial charge in [0, 0.05) is 79.3 Å². The molecule has 9 heteroatoms.